The summed E-state index contributed by atoms with van der Waals surface area (Å²) in [6, 6.07) is 10.5. The number of aliphatic hydroxyl groups excluding tert-OH is 1. The zero-order valence-corrected chi connectivity index (χ0v) is 14.1. The Hall–Kier alpha value is -1.59. The first kappa shape index (κ1) is 17.8. The highest BCUT2D eigenvalue weighted by Crippen LogP contribution is 2.31. The fourth-order valence-electron chi connectivity index (χ4n) is 2.95. The molecule has 0 spiro atoms. The first-order valence-corrected chi connectivity index (χ1v) is 8.45. The van der Waals surface area contributed by atoms with E-state index in [-0.39, 0.29) is 12.0 Å². The fourth-order valence-corrected chi connectivity index (χ4v) is 2.95. The van der Waals surface area contributed by atoms with Crippen molar-refractivity contribution in [2.75, 3.05) is 40.0 Å². The van der Waals surface area contributed by atoms with E-state index in [1.54, 1.807) is 7.05 Å². The van der Waals surface area contributed by atoms with Gasteiger partial charge in [0.25, 0.3) is 0 Å². The zero-order chi connectivity index (χ0) is 16.4. The number of benzene rings is 1. The van der Waals surface area contributed by atoms with Crippen molar-refractivity contribution in [1.29, 1.82) is 0 Å². The second-order valence-electron chi connectivity index (χ2n) is 6.22. The Labute approximate surface area is 139 Å². The maximum atomic E-state index is 9.27. The Kier molecular flexibility index (Phi) is 7.36. The summed E-state index contributed by atoms with van der Waals surface area (Å²) in [5, 5.41) is 16.0. The van der Waals surface area contributed by atoms with E-state index in [0.717, 1.165) is 51.3 Å². The van der Waals surface area contributed by atoms with Crippen molar-refractivity contribution < 1.29 is 9.84 Å². The Bertz CT molecular complexity index is 470. The van der Waals surface area contributed by atoms with Crippen molar-refractivity contribution in [3.63, 3.8) is 0 Å². The van der Waals surface area contributed by atoms with Gasteiger partial charge in [0.2, 0.25) is 0 Å². The van der Waals surface area contributed by atoms with Gasteiger partial charge >= 0.3 is 0 Å². The molecule has 5 nitrogen and oxygen atoms in total. The highest BCUT2D eigenvalue weighted by atomic mass is 16.5. The molecule has 1 aromatic rings. The Morgan fingerprint density at radius 2 is 2.13 bits per heavy atom. The van der Waals surface area contributed by atoms with Crippen LogP contribution in [0.4, 0.5) is 0 Å². The van der Waals surface area contributed by atoms with E-state index >= 15 is 0 Å². The number of hydrogen-bond donors (Lipinski definition) is 3. The smallest absolute Gasteiger partial charge is 0.190 e. The number of nitrogens with one attached hydrogen (secondary N) is 2. The number of ether oxygens (including phenoxy) is 1. The van der Waals surface area contributed by atoms with Gasteiger partial charge in [0, 0.05) is 38.8 Å². The lowest BCUT2D eigenvalue weighted by molar-refractivity contribution is 0.127. The van der Waals surface area contributed by atoms with Gasteiger partial charge in [-0.1, -0.05) is 30.3 Å². The molecule has 1 aliphatic heterocycles. The van der Waals surface area contributed by atoms with E-state index < -0.39 is 0 Å². The Balaban J connectivity index is 1.69. The molecule has 3 N–H and O–H groups in total. The highest BCUT2D eigenvalue weighted by molar-refractivity contribution is 5.79. The quantitative estimate of drug-likeness (QED) is 0.387. The highest BCUT2D eigenvalue weighted by Gasteiger charge is 2.34. The molecule has 0 bridgehead atoms. The maximum absolute atomic E-state index is 9.27. The molecule has 1 unspecified atom stereocenters. The molecule has 0 aromatic heterocycles. The van der Waals surface area contributed by atoms with Crippen molar-refractivity contribution in [2.45, 2.75) is 25.7 Å². The summed E-state index contributed by atoms with van der Waals surface area (Å²) in [6.45, 7) is 3.37. The van der Waals surface area contributed by atoms with Gasteiger partial charge in [-0.15, -0.1) is 0 Å². The van der Waals surface area contributed by atoms with Crippen LogP contribution in [0.5, 0.6) is 0 Å². The summed E-state index contributed by atoms with van der Waals surface area (Å²) in [4.78, 5) is 4.28. The molecule has 128 valence electrons. The molecular weight excluding hydrogens is 290 g/mol. The van der Waals surface area contributed by atoms with Crippen molar-refractivity contribution in [3.8, 4) is 0 Å². The normalized spacial score (nSPS) is 21.4. The zero-order valence-electron chi connectivity index (χ0n) is 14.1. The van der Waals surface area contributed by atoms with Crippen LogP contribution < -0.4 is 10.6 Å². The standard InChI is InChI=1S/C18H29N3O2/c1-19-17(20-11-5-8-16-6-3-2-4-7-16)21-14-18(9-12-22)10-13-23-15-18/h2-4,6-7,22H,5,8-15H2,1H3,(H2,19,20,21). The predicted octanol–water partition coefficient (Wildman–Crippen LogP) is 1.57. The number of guanidine groups is 1. The summed E-state index contributed by atoms with van der Waals surface area (Å²) in [7, 11) is 1.79. The van der Waals surface area contributed by atoms with Gasteiger partial charge in [-0.25, -0.2) is 0 Å². The van der Waals surface area contributed by atoms with Crippen molar-refractivity contribution in [1.82, 2.24) is 10.6 Å². The maximum Gasteiger partial charge on any atom is 0.190 e. The van der Waals surface area contributed by atoms with Crippen LogP contribution in [0.2, 0.25) is 0 Å². The summed E-state index contributed by atoms with van der Waals surface area (Å²) in [5.74, 6) is 0.822. The van der Waals surface area contributed by atoms with Gasteiger partial charge in [0.1, 0.15) is 0 Å². The third-order valence-corrected chi connectivity index (χ3v) is 4.46. The van der Waals surface area contributed by atoms with Crippen LogP contribution >= 0.6 is 0 Å². The molecule has 1 atom stereocenters. The van der Waals surface area contributed by atoms with Crippen LogP contribution in [-0.4, -0.2) is 51.0 Å². The molecule has 1 fully saturated rings. The van der Waals surface area contributed by atoms with E-state index in [2.05, 4.69) is 39.9 Å². The van der Waals surface area contributed by atoms with Crippen LogP contribution in [0.15, 0.2) is 35.3 Å². The molecule has 1 aliphatic rings. The van der Waals surface area contributed by atoms with Crippen LogP contribution in [0.3, 0.4) is 0 Å². The van der Waals surface area contributed by atoms with Crippen molar-refractivity contribution >= 4 is 5.96 Å². The first-order valence-electron chi connectivity index (χ1n) is 8.45. The van der Waals surface area contributed by atoms with Gasteiger partial charge in [-0.05, 0) is 31.2 Å². The average molecular weight is 319 g/mol. The molecule has 1 saturated heterocycles. The fraction of sp³-hybridized carbons (Fsp3) is 0.611. The van der Waals surface area contributed by atoms with Crippen LogP contribution in [0, 0.1) is 5.41 Å². The lowest BCUT2D eigenvalue weighted by atomic mass is 9.84. The third-order valence-electron chi connectivity index (χ3n) is 4.46. The lowest BCUT2D eigenvalue weighted by Crippen LogP contribution is -2.44. The molecule has 0 radical (unpaired) electrons. The van der Waals surface area contributed by atoms with Crippen LogP contribution in [0.25, 0.3) is 0 Å². The first-order chi connectivity index (χ1) is 11.3. The second kappa shape index (κ2) is 9.53. The van der Waals surface area contributed by atoms with Crippen LogP contribution in [0.1, 0.15) is 24.8 Å². The number of nitrogens with zero attached hydrogens (tertiary/aromatic N) is 1. The SMILES string of the molecule is CN=C(NCCCc1ccccc1)NCC1(CCO)CCOC1. The molecule has 23 heavy (non-hydrogen) atoms. The molecule has 0 amide bonds. The summed E-state index contributed by atoms with van der Waals surface area (Å²) in [5.41, 5.74) is 1.40. The van der Waals surface area contributed by atoms with E-state index in [0.29, 0.717) is 6.61 Å². The molecule has 0 saturated carbocycles. The molecule has 5 heteroatoms. The number of aryl methyl sites for hydroxylation is 1. The van der Waals surface area contributed by atoms with Gasteiger partial charge in [0.15, 0.2) is 5.96 Å². The van der Waals surface area contributed by atoms with E-state index in [1.807, 2.05) is 6.07 Å². The number of aliphatic imine (C=N–C) groups is 1. The summed E-state index contributed by atoms with van der Waals surface area (Å²) < 4.78 is 5.52. The summed E-state index contributed by atoms with van der Waals surface area (Å²) in [6.07, 6.45) is 3.89. The number of aliphatic hydroxyl groups is 1. The van der Waals surface area contributed by atoms with Gasteiger partial charge < -0.3 is 20.5 Å². The van der Waals surface area contributed by atoms with E-state index in [1.165, 1.54) is 5.56 Å². The van der Waals surface area contributed by atoms with E-state index in [4.69, 9.17) is 4.74 Å². The topological polar surface area (TPSA) is 65.9 Å². The molecule has 0 aliphatic carbocycles. The number of hydrogen-bond acceptors (Lipinski definition) is 3. The predicted molar refractivity (Wildman–Crippen MR) is 93.7 cm³/mol. The molecule has 1 aromatic carbocycles. The second-order valence-corrected chi connectivity index (χ2v) is 6.22. The molecule has 1 heterocycles. The molecular formula is C18H29N3O2. The minimum Gasteiger partial charge on any atom is -0.396 e. The van der Waals surface area contributed by atoms with Crippen molar-refractivity contribution in [3.05, 3.63) is 35.9 Å². The average Bonchev–Trinajstić information content (AvgIpc) is 3.04. The van der Waals surface area contributed by atoms with E-state index in [9.17, 15) is 5.11 Å². The molecule has 2 rings (SSSR count). The third kappa shape index (κ3) is 5.84. The summed E-state index contributed by atoms with van der Waals surface area (Å²) >= 11 is 0. The Morgan fingerprint density at radius 1 is 1.30 bits per heavy atom. The largest absolute Gasteiger partial charge is 0.396 e. The van der Waals surface area contributed by atoms with Crippen LogP contribution in [-0.2, 0) is 11.2 Å². The lowest BCUT2D eigenvalue weighted by Gasteiger charge is -2.27. The minimum atomic E-state index is 0.0381. The van der Waals surface area contributed by atoms with Gasteiger partial charge in [-0.2, -0.15) is 0 Å². The van der Waals surface area contributed by atoms with Gasteiger partial charge in [-0.3, -0.25) is 4.99 Å². The van der Waals surface area contributed by atoms with Gasteiger partial charge in [0.05, 0.1) is 6.61 Å². The minimum absolute atomic E-state index is 0.0381. The Morgan fingerprint density at radius 3 is 2.78 bits per heavy atom. The number of rotatable bonds is 8. The van der Waals surface area contributed by atoms with Crippen molar-refractivity contribution in [2.24, 2.45) is 10.4 Å². The monoisotopic (exact) mass is 319 g/mol.